The SMILES string of the molecule is CC1OC(OC2C(OC3CCC4(C)C(CCC5(C)C4CC(=O)C4C(C6(O)CCC(C(C)(C)O)C6O)CCC45C)C3(C)C)OCC(O)C2OC2OC(CO)C(O)C(O)C2O)C(O)C(O)C1O. The summed E-state index contributed by atoms with van der Waals surface area (Å²) < 4.78 is 36.9. The van der Waals surface area contributed by atoms with Crippen LogP contribution in [0.3, 0.4) is 0 Å². The average Bonchev–Trinajstić information content (AvgIpc) is 3.77. The summed E-state index contributed by atoms with van der Waals surface area (Å²) >= 11 is 0. The van der Waals surface area contributed by atoms with Crippen molar-refractivity contribution >= 4 is 5.78 Å². The largest absolute Gasteiger partial charge is 0.394 e. The van der Waals surface area contributed by atoms with Crippen LogP contribution in [0.2, 0.25) is 0 Å². The maximum atomic E-state index is 14.8. The number of fused-ring (bicyclic) bond motifs is 5. The van der Waals surface area contributed by atoms with Gasteiger partial charge in [-0.1, -0.05) is 34.6 Å². The third kappa shape index (κ3) is 7.83. The summed E-state index contributed by atoms with van der Waals surface area (Å²) in [4.78, 5) is 14.8. The second kappa shape index (κ2) is 17.4. The fraction of sp³-hybridized carbons (Fsp3) is 0.979. The van der Waals surface area contributed by atoms with Crippen molar-refractivity contribution in [1.82, 2.24) is 0 Å². The minimum Gasteiger partial charge on any atom is -0.394 e. The fourth-order valence-corrected chi connectivity index (χ4v) is 15.4. The lowest BCUT2D eigenvalue weighted by atomic mass is 9.35. The molecule has 25 atom stereocenters. The Balaban J connectivity index is 1.04. The van der Waals surface area contributed by atoms with Crippen LogP contribution in [0.15, 0.2) is 0 Å². The maximum absolute atomic E-state index is 14.8. The molecule has 3 saturated heterocycles. The van der Waals surface area contributed by atoms with Gasteiger partial charge >= 0.3 is 0 Å². The molecule has 0 spiro atoms. The average molecular weight is 931 g/mol. The van der Waals surface area contributed by atoms with Crippen molar-refractivity contribution in [3.63, 3.8) is 0 Å². The smallest absolute Gasteiger partial charge is 0.187 e. The molecule has 0 aromatic carbocycles. The first-order chi connectivity index (χ1) is 30.2. The molecule has 0 aromatic heterocycles. The predicted molar refractivity (Wildman–Crippen MR) is 226 cm³/mol. The van der Waals surface area contributed by atoms with Gasteiger partial charge in [-0.2, -0.15) is 0 Å². The number of carbonyl (C=O) groups is 1. The minimum absolute atomic E-state index is 0.0101. The third-order valence-electron chi connectivity index (χ3n) is 19.3. The molecular weight excluding hydrogens is 852 g/mol. The number of ether oxygens (including phenoxy) is 6. The number of hydrogen-bond acceptors (Lipinski definition) is 18. The van der Waals surface area contributed by atoms with Crippen LogP contribution < -0.4 is 0 Å². The van der Waals surface area contributed by atoms with Crippen LogP contribution in [-0.4, -0.2) is 185 Å². The van der Waals surface area contributed by atoms with Gasteiger partial charge in [0.2, 0.25) is 0 Å². The molecule has 0 amide bonds. The molecule has 0 bridgehead atoms. The lowest BCUT2D eigenvalue weighted by Crippen LogP contribution is -2.67. The van der Waals surface area contributed by atoms with Crippen LogP contribution in [0.1, 0.15) is 113 Å². The second-order valence-corrected chi connectivity index (χ2v) is 23.3. The van der Waals surface area contributed by atoms with Gasteiger partial charge in [-0.15, -0.1) is 0 Å². The van der Waals surface area contributed by atoms with Gasteiger partial charge in [0.1, 0.15) is 66.8 Å². The topological polar surface area (TPSA) is 295 Å². The van der Waals surface area contributed by atoms with Crippen molar-refractivity contribution < 1.29 is 89.4 Å². The van der Waals surface area contributed by atoms with Gasteiger partial charge in [0.25, 0.3) is 0 Å². The molecule has 18 nitrogen and oxygen atoms in total. The van der Waals surface area contributed by atoms with E-state index in [4.69, 9.17) is 28.4 Å². The van der Waals surface area contributed by atoms with Crippen molar-refractivity contribution in [3.8, 4) is 0 Å². The highest BCUT2D eigenvalue weighted by Gasteiger charge is 2.73. The van der Waals surface area contributed by atoms with E-state index in [1.807, 2.05) is 0 Å². The van der Waals surface area contributed by atoms with Crippen LogP contribution in [0, 0.1) is 51.2 Å². The van der Waals surface area contributed by atoms with Crippen molar-refractivity contribution in [2.45, 2.75) is 223 Å². The van der Waals surface area contributed by atoms with Crippen molar-refractivity contribution in [3.05, 3.63) is 0 Å². The summed E-state index contributed by atoms with van der Waals surface area (Å²) in [7, 11) is 0. The molecule has 3 aliphatic heterocycles. The number of hydrogen-bond donors (Lipinski definition) is 11. The molecule has 25 unspecified atom stereocenters. The molecule has 5 saturated carbocycles. The summed E-state index contributed by atoms with van der Waals surface area (Å²) in [5.41, 5.74) is -4.20. The van der Waals surface area contributed by atoms with E-state index >= 15 is 0 Å². The number of aliphatic hydroxyl groups is 11. The molecule has 11 N–H and O–H groups in total. The molecule has 8 aliphatic rings. The van der Waals surface area contributed by atoms with Crippen LogP contribution in [0.25, 0.3) is 0 Å². The zero-order valence-corrected chi connectivity index (χ0v) is 39.2. The fourth-order valence-electron chi connectivity index (χ4n) is 15.4. The highest BCUT2D eigenvalue weighted by Crippen LogP contribution is 2.76. The first-order valence-corrected chi connectivity index (χ1v) is 24.1. The number of ketones is 1. The summed E-state index contributed by atoms with van der Waals surface area (Å²) in [5, 5.41) is 120. The van der Waals surface area contributed by atoms with Gasteiger partial charge in [0.15, 0.2) is 18.9 Å². The summed E-state index contributed by atoms with van der Waals surface area (Å²) in [6.45, 7) is 14.9. The van der Waals surface area contributed by atoms with Crippen LogP contribution >= 0.6 is 0 Å². The Morgan fingerprint density at radius 1 is 0.692 bits per heavy atom. The molecular formula is C47H78O18. The van der Waals surface area contributed by atoms with E-state index in [1.165, 1.54) is 6.92 Å². The van der Waals surface area contributed by atoms with Crippen LogP contribution in [0.5, 0.6) is 0 Å². The maximum Gasteiger partial charge on any atom is 0.187 e. The van der Waals surface area contributed by atoms with E-state index in [0.717, 1.165) is 19.3 Å². The zero-order valence-electron chi connectivity index (χ0n) is 39.2. The van der Waals surface area contributed by atoms with Crippen LogP contribution in [-0.2, 0) is 33.2 Å². The first-order valence-electron chi connectivity index (χ1n) is 24.1. The van der Waals surface area contributed by atoms with Crippen LogP contribution in [0.4, 0.5) is 0 Å². The van der Waals surface area contributed by atoms with Gasteiger partial charge in [-0.05, 0) is 106 Å². The van der Waals surface area contributed by atoms with Crippen molar-refractivity contribution in [1.29, 1.82) is 0 Å². The third-order valence-corrected chi connectivity index (χ3v) is 19.3. The molecule has 0 aromatic rings. The molecule has 3 heterocycles. The Bertz CT molecular complexity index is 1730. The summed E-state index contributed by atoms with van der Waals surface area (Å²) in [6.07, 6.45) is -17.7. The second-order valence-electron chi connectivity index (χ2n) is 23.3. The van der Waals surface area contributed by atoms with E-state index in [0.29, 0.717) is 38.5 Å². The number of rotatable bonds is 9. The highest BCUT2D eigenvalue weighted by atomic mass is 16.8. The highest BCUT2D eigenvalue weighted by molar-refractivity contribution is 5.84. The predicted octanol–water partition coefficient (Wildman–Crippen LogP) is -0.376. The van der Waals surface area contributed by atoms with Gasteiger partial charge < -0.3 is 84.6 Å². The van der Waals surface area contributed by atoms with Crippen molar-refractivity contribution in [2.24, 2.45) is 51.2 Å². The molecule has 18 heteroatoms. The Hall–Kier alpha value is -1.01. The van der Waals surface area contributed by atoms with E-state index in [1.54, 1.807) is 13.8 Å². The van der Waals surface area contributed by atoms with Gasteiger partial charge in [-0.25, -0.2) is 0 Å². The van der Waals surface area contributed by atoms with E-state index in [-0.39, 0.29) is 35.1 Å². The first kappa shape index (κ1) is 50.4. The van der Waals surface area contributed by atoms with E-state index in [2.05, 4.69) is 34.6 Å². The normalized spacial score (nSPS) is 55.9. The Kier molecular flexibility index (Phi) is 13.5. The molecule has 5 aliphatic carbocycles. The van der Waals surface area contributed by atoms with Crippen molar-refractivity contribution in [2.75, 3.05) is 13.2 Å². The Morgan fingerprint density at radius 3 is 1.94 bits per heavy atom. The summed E-state index contributed by atoms with van der Waals surface area (Å²) in [5.74, 6) is -1.15. The Labute approximate surface area is 381 Å². The van der Waals surface area contributed by atoms with Gasteiger partial charge in [0.05, 0.1) is 42.7 Å². The minimum atomic E-state index is -1.83. The molecule has 8 rings (SSSR count). The van der Waals surface area contributed by atoms with Gasteiger partial charge in [0, 0.05) is 24.2 Å². The number of aliphatic hydroxyl groups excluding tert-OH is 9. The Morgan fingerprint density at radius 2 is 1.31 bits per heavy atom. The molecule has 0 radical (unpaired) electrons. The lowest BCUT2D eigenvalue weighted by Gasteiger charge is -2.69. The molecule has 65 heavy (non-hydrogen) atoms. The molecule has 8 fully saturated rings. The number of carbonyl (C=O) groups excluding carboxylic acids is 1. The zero-order chi connectivity index (χ0) is 47.7. The van der Waals surface area contributed by atoms with Gasteiger partial charge in [-0.3, -0.25) is 4.79 Å². The standard InChI is InChI=1S/C47H78O18/c1-20-30(51)32(53)34(55)39(61-20)65-37-36(64-40-35(56)33(54)31(52)25(18-48)62-40)24(50)19-60-41(37)63-28-12-13-44(6)26(42(28,2)3)11-15-45(7)27(44)17-23(49)29-21(9-14-46(29,45)8)47(59)16-10-22(38(47)57)43(4,5)58/h20-22,24-41,48,50-59H,9-19H2,1-8H3. The van der Waals surface area contributed by atoms with E-state index < -0.39 is 145 Å². The summed E-state index contributed by atoms with van der Waals surface area (Å²) in [6, 6.07) is 0. The quantitative estimate of drug-likeness (QED) is 0.131. The monoisotopic (exact) mass is 931 g/mol. The molecule has 374 valence electrons. The van der Waals surface area contributed by atoms with E-state index in [9.17, 15) is 61.0 Å². The lowest BCUT2D eigenvalue weighted by molar-refractivity contribution is -0.388. The number of Topliss-reactive ketones (excluding diaryl/α,β-unsaturated/α-hetero) is 1.